The number of pyridine rings is 1. The molecule has 2 aromatic carbocycles. The van der Waals surface area contributed by atoms with Crippen LogP contribution in [0.1, 0.15) is 21.5 Å². The molecular formula is C20H16F2IN3O. The van der Waals surface area contributed by atoms with E-state index in [4.69, 9.17) is 0 Å². The molecule has 0 fully saturated rings. The van der Waals surface area contributed by atoms with Crippen LogP contribution >= 0.6 is 22.6 Å². The molecule has 7 heteroatoms. The lowest BCUT2D eigenvalue weighted by molar-refractivity contribution is 0.0951. The summed E-state index contributed by atoms with van der Waals surface area (Å²) >= 11 is 2.17. The van der Waals surface area contributed by atoms with Crippen molar-refractivity contribution in [2.45, 2.75) is 13.5 Å². The molecule has 1 heterocycles. The summed E-state index contributed by atoms with van der Waals surface area (Å²) in [5, 5.41) is 5.58. The first-order valence-corrected chi connectivity index (χ1v) is 9.22. The van der Waals surface area contributed by atoms with Gasteiger partial charge in [-0.2, -0.15) is 0 Å². The molecule has 0 saturated carbocycles. The van der Waals surface area contributed by atoms with Gasteiger partial charge < -0.3 is 10.6 Å². The minimum atomic E-state index is -1.09. The van der Waals surface area contributed by atoms with Crippen molar-refractivity contribution in [3.63, 3.8) is 0 Å². The number of nitrogens with zero attached hydrogens (tertiary/aromatic N) is 1. The summed E-state index contributed by atoms with van der Waals surface area (Å²) in [6.07, 6.45) is 3.23. The lowest BCUT2D eigenvalue weighted by Crippen LogP contribution is -2.24. The van der Waals surface area contributed by atoms with Crippen LogP contribution in [-0.4, -0.2) is 10.9 Å². The molecule has 138 valence electrons. The number of rotatable bonds is 5. The van der Waals surface area contributed by atoms with Crippen molar-refractivity contribution in [1.29, 1.82) is 0 Å². The summed E-state index contributed by atoms with van der Waals surface area (Å²) in [6.45, 7) is 2.10. The topological polar surface area (TPSA) is 54.0 Å². The van der Waals surface area contributed by atoms with E-state index in [9.17, 15) is 13.6 Å². The second-order valence-electron chi connectivity index (χ2n) is 5.91. The zero-order chi connectivity index (χ0) is 19.4. The Labute approximate surface area is 169 Å². The Bertz CT molecular complexity index is 980. The van der Waals surface area contributed by atoms with Crippen LogP contribution in [-0.2, 0) is 6.54 Å². The summed E-state index contributed by atoms with van der Waals surface area (Å²) < 4.78 is 29.3. The van der Waals surface area contributed by atoms with E-state index in [0.29, 0.717) is 5.69 Å². The van der Waals surface area contributed by atoms with Gasteiger partial charge in [-0.25, -0.2) is 8.78 Å². The van der Waals surface area contributed by atoms with E-state index >= 15 is 0 Å². The second-order valence-corrected chi connectivity index (χ2v) is 7.15. The van der Waals surface area contributed by atoms with Crippen molar-refractivity contribution in [2.24, 2.45) is 0 Å². The molecule has 3 rings (SSSR count). The molecular weight excluding hydrogens is 463 g/mol. The van der Waals surface area contributed by atoms with Crippen LogP contribution in [0.15, 0.2) is 54.9 Å². The molecule has 0 bridgehead atoms. The number of hydrogen-bond donors (Lipinski definition) is 2. The lowest BCUT2D eigenvalue weighted by Gasteiger charge is -2.15. The normalized spacial score (nSPS) is 10.5. The van der Waals surface area contributed by atoms with Crippen LogP contribution in [0.2, 0.25) is 0 Å². The van der Waals surface area contributed by atoms with E-state index in [2.05, 4.69) is 38.2 Å². The minimum absolute atomic E-state index is 0.0286. The van der Waals surface area contributed by atoms with Gasteiger partial charge in [0.2, 0.25) is 0 Å². The average Bonchev–Trinajstić information content (AvgIpc) is 2.66. The Kier molecular flexibility index (Phi) is 6.00. The third-order valence-corrected chi connectivity index (χ3v) is 4.66. The molecule has 0 aliphatic rings. The average molecular weight is 479 g/mol. The Morgan fingerprint density at radius 2 is 1.85 bits per heavy atom. The largest absolute Gasteiger partial charge is 0.352 e. The number of carbonyl (C=O) groups is 1. The zero-order valence-corrected chi connectivity index (χ0v) is 16.6. The smallest absolute Gasteiger partial charge is 0.253 e. The summed E-state index contributed by atoms with van der Waals surface area (Å²) in [7, 11) is 0. The third-order valence-electron chi connectivity index (χ3n) is 3.99. The standard InChI is InChI=1S/C20H16F2IN3O/c1-12-10-14(23)2-5-17(12)26-19-15(3-4-16(21)18(19)22)20(27)25-11-13-6-8-24-9-7-13/h2-10,26H,11H2,1H3,(H,25,27). The van der Waals surface area contributed by atoms with E-state index in [-0.39, 0.29) is 17.8 Å². The van der Waals surface area contributed by atoms with Crippen molar-refractivity contribution < 1.29 is 13.6 Å². The number of carbonyl (C=O) groups excluding carboxylic acids is 1. The molecule has 2 N–H and O–H groups in total. The molecule has 0 spiro atoms. The first kappa shape index (κ1) is 19.2. The molecule has 0 aliphatic carbocycles. The van der Waals surface area contributed by atoms with Crippen LogP contribution in [0.25, 0.3) is 0 Å². The Morgan fingerprint density at radius 1 is 1.11 bits per heavy atom. The van der Waals surface area contributed by atoms with Crippen LogP contribution in [0, 0.1) is 22.1 Å². The molecule has 1 amide bonds. The number of benzene rings is 2. The monoisotopic (exact) mass is 479 g/mol. The maximum atomic E-state index is 14.5. The highest BCUT2D eigenvalue weighted by atomic mass is 127. The van der Waals surface area contributed by atoms with E-state index < -0.39 is 17.5 Å². The molecule has 3 aromatic rings. The predicted molar refractivity (Wildman–Crippen MR) is 109 cm³/mol. The van der Waals surface area contributed by atoms with Gasteiger partial charge in [0.05, 0.1) is 11.3 Å². The number of nitrogens with one attached hydrogen (secondary N) is 2. The highest BCUT2D eigenvalue weighted by Crippen LogP contribution is 2.29. The summed E-state index contributed by atoms with van der Waals surface area (Å²) in [5.41, 5.74) is 2.15. The van der Waals surface area contributed by atoms with Crippen molar-refractivity contribution >= 4 is 39.9 Å². The van der Waals surface area contributed by atoms with Gasteiger partial charge in [-0.05, 0) is 83.1 Å². The Hall–Kier alpha value is -2.55. The van der Waals surface area contributed by atoms with Crippen LogP contribution in [0.3, 0.4) is 0 Å². The molecule has 0 atom stereocenters. The first-order chi connectivity index (χ1) is 13.0. The van der Waals surface area contributed by atoms with E-state index in [1.54, 1.807) is 30.6 Å². The predicted octanol–water partition coefficient (Wildman–Crippen LogP) is 4.95. The fourth-order valence-electron chi connectivity index (χ4n) is 2.54. The van der Waals surface area contributed by atoms with Crippen LogP contribution in [0.4, 0.5) is 20.2 Å². The number of anilines is 2. The van der Waals surface area contributed by atoms with Crippen molar-refractivity contribution in [3.05, 3.63) is 86.8 Å². The molecule has 1 aromatic heterocycles. The van der Waals surface area contributed by atoms with Gasteiger partial charge in [-0.3, -0.25) is 9.78 Å². The molecule has 0 unspecified atom stereocenters. The fraction of sp³-hybridized carbons (Fsp3) is 0.100. The van der Waals surface area contributed by atoms with Crippen molar-refractivity contribution in [3.8, 4) is 0 Å². The maximum Gasteiger partial charge on any atom is 0.253 e. The van der Waals surface area contributed by atoms with Gasteiger partial charge in [-0.15, -0.1) is 0 Å². The lowest BCUT2D eigenvalue weighted by atomic mass is 10.1. The molecule has 0 saturated heterocycles. The number of amides is 1. The molecule has 27 heavy (non-hydrogen) atoms. The van der Waals surface area contributed by atoms with Gasteiger partial charge in [0.15, 0.2) is 11.6 Å². The number of hydrogen-bond acceptors (Lipinski definition) is 3. The van der Waals surface area contributed by atoms with E-state index in [0.717, 1.165) is 20.8 Å². The van der Waals surface area contributed by atoms with E-state index in [1.165, 1.54) is 6.07 Å². The Balaban J connectivity index is 1.89. The molecule has 0 radical (unpaired) electrons. The zero-order valence-electron chi connectivity index (χ0n) is 14.4. The van der Waals surface area contributed by atoms with Crippen LogP contribution in [0.5, 0.6) is 0 Å². The fourth-order valence-corrected chi connectivity index (χ4v) is 3.19. The van der Waals surface area contributed by atoms with Crippen molar-refractivity contribution in [2.75, 3.05) is 5.32 Å². The molecule has 0 aliphatic heterocycles. The highest BCUT2D eigenvalue weighted by molar-refractivity contribution is 14.1. The SMILES string of the molecule is Cc1cc(I)ccc1Nc1c(C(=O)NCc2ccncc2)ccc(F)c1F. The van der Waals surface area contributed by atoms with Gasteiger partial charge in [0.25, 0.3) is 5.91 Å². The van der Waals surface area contributed by atoms with Gasteiger partial charge in [0, 0.05) is 28.2 Å². The first-order valence-electron chi connectivity index (χ1n) is 8.14. The number of halogens is 3. The van der Waals surface area contributed by atoms with Crippen molar-refractivity contribution in [1.82, 2.24) is 10.3 Å². The second kappa shape index (κ2) is 8.43. The minimum Gasteiger partial charge on any atom is -0.352 e. The van der Waals surface area contributed by atoms with Gasteiger partial charge in [-0.1, -0.05) is 0 Å². The van der Waals surface area contributed by atoms with Crippen LogP contribution < -0.4 is 10.6 Å². The van der Waals surface area contributed by atoms with Gasteiger partial charge in [0.1, 0.15) is 0 Å². The maximum absolute atomic E-state index is 14.5. The summed E-state index contributed by atoms with van der Waals surface area (Å²) in [6, 6.07) is 11.3. The van der Waals surface area contributed by atoms with Gasteiger partial charge >= 0.3 is 0 Å². The summed E-state index contributed by atoms with van der Waals surface area (Å²) in [5.74, 6) is -2.62. The highest BCUT2D eigenvalue weighted by Gasteiger charge is 2.19. The summed E-state index contributed by atoms with van der Waals surface area (Å²) in [4.78, 5) is 16.5. The van der Waals surface area contributed by atoms with E-state index in [1.807, 2.05) is 19.1 Å². The number of aromatic nitrogens is 1. The Morgan fingerprint density at radius 3 is 2.56 bits per heavy atom. The molecule has 4 nitrogen and oxygen atoms in total. The quantitative estimate of drug-likeness (QED) is 0.510. The third kappa shape index (κ3) is 4.60. The number of aryl methyl sites for hydroxylation is 1.